The van der Waals surface area contributed by atoms with Gasteiger partial charge in [0.05, 0.1) is 5.69 Å². The fraction of sp³-hybridized carbons (Fsp3) is 0.714. The minimum Gasteiger partial charge on any atom is -0.370 e. The SMILES string of the molecule is CCC(CC)(OC)c1nc(Cl)cc(C(C)(C)C)n1. The van der Waals surface area contributed by atoms with Crippen molar-refractivity contribution < 1.29 is 4.74 Å². The van der Waals surface area contributed by atoms with Crippen LogP contribution in [0.4, 0.5) is 0 Å². The van der Waals surface area contributed by atoms with E-state index in [0.29, 0.717) is 11.0 Å². The summed E-state index contributed by atoms with van der Waals surface area (Å²) in [6.45, 7) is 10.5. The fourth-order valence-corrected chi connectivity index (χ4v) is 2.14. The Kier molecular flexibility index (Phi) is 4.73. The second-order valence-electron chi connectivity index (χ2n) is 5.56. The summed E-state index contributed by atoms with van der Waals surface area (Å²) in [5.41, 5.74) is 0.452. The van der Waals surface area contributed by atoms with Crippen LogP contribution in [-0.2, 0) is 15.8 Å². The molecule has 0 aromatic carbocycles. The van der Waals surface area contributed by atoms with Crippen LogP contribution >= 0.6 is 11.6 Å². The van der Waals surface area contributed by atoms with E-state index < -0.39 is 5.60 Å². The maximum absolute atomic E-state index is 6.13. The van der Waals surface area contributed by atoms with Crippen LogP contribution in [0.2, 0.25) is 5.15 Å². The lowest BCUT2D eigenvalue weighted by atomic mass is 9.90. The Labute approximate surface area is 115 Å². The van der Waals surface area contributed by atoms with E-state index in [4.69, 9.17) is 16.3 Å². The Morgan fingerprint density at radius 2 is 1.72 bits per heavy atom. The quantitative estimate of drug-likeness (QED) is 0.773. The van der Waals surface area contributed by atoms with Crippen molar-refractivity contribution in [3.05, 3.63) is 22.7 Å². The molecule has 0 aliphatic carbocycles. The topological polar surface area (TPSA) is 35.0 Å². The van der Waals surface area contributed by atoms with Crippen molar-refractivity contribution in [2.45, 2.75) is 58.5 Å². The molecule has 102 valence electrons. The number of halogens is 1. The van der Waals surface area contributed by atoms with Gasteiger partial charge in [-0.1, -0.05) is 46.2 Å². The zero-order valence-corrected chi connectivity index (χ0v) is 12.9. The molecule has 1 rings (SSSR count). The Hall–Kier alpha value is -0.670. The van der Waals surface area contributed by atoms with Crippen molar-refractivity contribution in [2.75, 3.05) is 7.11 Å². The average molecular weight is 271 g/mol. The van der Waals surface area contributed by atoms with Crippen LogP contribution in [0.15, 0.2) is 6.07 Å². The summed E-state index contributed by atoms with van der Waals surface area (Å²) < 4.78 is 5.66. The average Bonchev–Trinajstić information content (AvgIpc) is 2.30. The molecule has 0 radical (unpaired) electrons. The van der Waals surface area contributed by atoms with Crippen molar-refractivity contribution in [1.82, 2.24) is 9.97 Å². The molecule has 0 aliphatic heterocycles. The largest absolute Gasteiger partial charge is 0.370 e. The first-order chi connectivity index (χ1) is 8.29. The third kappa shape index (κ3) is 3.01. The standard InChI is InChI=1S/C14H23ClN2O/c1-7-14(8-2,18-6)12-16-10(13(3,4)5)9-11(15)17-12/h9H,7-8H2,1-6H3. The number of methoxy groups -OCH3 is 1. The highest BCUT2D eigenvalue weighted by molar-refractivity contribution is 6.29. The highest BCUT2D eigenvalue weighted by Gasteiger charge is 2.33. The van der Waals surface area contributed by atoms with Gasteiger partial charge in [-0.3, -0.25) is 0 Å². The van der Waals surface area contributed by atoms with Crippen LogP contribution in [0.1, 0.15) is 59.0 Å². The molecule has 0 bridgehead atoms. The van der Waals surface area contributed by atoms with Gasteiger partial charge in [0.1, 0.15) is 10.8 Å². The minimum atomic E-state index is -0.440. The van der Waals surface area contributed by atoms with Gasteiger partial charge in [-0.05, 0) is 18.9 Å². The molecule has 0 aliphatic rings. The number of hydrogen-bond donors (Lipinski definition) is 0. The molecule has 1 aromatic rings. The molecule has 1 heterocycles. The number of aromatic nitrogens is 2. The molecule has 0 saturated heterocycles. The van der Waals surface area contributed by atoms with E-state index in [-0.39, 0.29) is 5.41 Å². The minimum absolute atomic E-state index is 0.0533. The third-order valence-electron chi connectivity index (χ3n) is 3.40. The van der Waals surface area contributed by atoms with Gasteiger partial charge in [-0.25, -0.2) is 9.97 Å². The van der Waals surface area contributed by atoms with Gasteiger partial charge in [0, 0.05) is 12.5 Å². The molecule has 4 heteroatoms. The van der Waals surface area contributed by atoms with E-state index in [1.807, 2.05) is 6.07 Å². The lowest BCUT2D eigenvalue weighted by Crippen LogP contribution is -2.31. The van der Waals surface area contributed by atoms with Crippen LogP contribution in [-0.4, -0.2) is 17.1 Å². The molecule has 0 atom stereocenters. The Morgan fingerprint density at radius 3 is 2.11 bits per heavy atom. The van der Waals surface area contributed by atoms with Gasteiger partial charge in [-0.2, -0.15) is 0 Å². The van der Waals surface area contributed by atoms with E-state index in [9.17, 15) is 0 Å². The van der Waals surface area contributed by atoms with Gasteiger partial charge >= 0.3 is 0 Å². The fourth-order valence-electron chi connectivity index (χ4n) is 1.95. The van der Waals surface area contributed by atoms with Gasteiger partial charge in [0.15, 0.2) is 5.82 Å². The molecule has 18 heavy (non-hydrogen) atoms. The first-order valence-electron chi connectivity index (χ1n) is 6.39. The lowest BCUT2D eigenvalue weighted by molar-refractivity contribution is -0.0294. The van der Waals surface area contributed by atoms with Crippen molar-refractivity contribution in [3.8, 4) is 0 Å². The molecule has 0 N–H and O–H groups in total. The van der Waals surface area contributed by atoms with Crippen LogP contribution in [0.5, 0.6) is 0 Å². The Bertz CT molecular complexity index is 400. The summed E-state index contributed by atoms with van der Waals surface area (Å²) >= 11 is 6.13. The van der Waals surface area contributed by atoms with Crippen molar-refractivity contribution in [2.24, 2.45) is 0 Å². The van der Waals surface area contributed by atoms with Crippen molar-refractivity contribution in [1.29, 1.82) is 0 Å². The summed E-state index contributed by atoms with van der Waals surface area (Å²) in [6, 6.07) is 1.83. The second-order valence-corrected chi connectivity index (χ2v) is 5.94. The highest BCUT2D eigenvalue weighted by atomic mass is 35.5. The van der Waals surface area contributed by atoms with E-state index >= 15 is 0 Å². The zero-order chi connectivity index (χ0) is 14.0. The monoisotopic (exact) mass is 270 g/mol. The maximum atomic E-state index is 6.13. The lowest BCUT2D eigenvalue weighted by Gasteiger charge is -2.30. The summed E-state index contributed by atoms with van der Waals surface area (Å²) in [7, 11) is 1.70. The summed E-state index contributed by atoms with van der Waals surface area (Å²) in [4.78, 5) is 9.03. The van der Waals surface area contributed by atoms with E-state index in [0.717, 1.165) is 18.5 Å². The number of nitrogens with zero attached hydrogens (tertiary/aromatic N) is 2. The zero-order valence-electron chi connectivity index (χ0n) is 12.2. The van der Waals surface area contributed by atoms with Crippen LogP contribution in [0, 0.1) is 0 Å². The van der Waals surface area contributed by atoms with Crippen molar-refractivity contribution >= 4 is 11.6 Å². The van der Waals surface area contributed by atoms with Gasteiger partial charge in [-0.15, -0.1) is 0 Å². The predicted molar refractivity (Wildman–Crippen MR) is 75.0 cm³/mol. The molecule has 0 unspecified atom stereocenters. The van der Waals surface area contributed by atoms with E-state index in [1.165, 1.54) is 0 Å². The smallest absolute Gasteiger partial charge is 0.162 e. The van der Waals surface area contributed by atoms with Gasteiger partial charge < -0.3 is 4.74 Å². The summed E-state index contributed by atoms with van der Waals surface area (Å²) in [6.07, 6.45) is 1.65. The van der Waals surface area contributed by atoms with E-state index in [1.54, 1.807) is 7.11 Å². The summed E-state index contributed by atoms with van der Waals surface area (Å²) in [5.74, 6) is 0.687. The molecule has 0 spiro atoms. The summed E-state index contributed by atoms with van der Waals surface area (Å²) in [5, 5.41) is 0.480. The first-order valence-corrected chi connectivity index (χ1v) is 6.77. The van der Waals surface area contributed by atoms with Crippen LogP contribution in [0.25, 0.3) is 0 Å². The maximum Gasteiger partial charge on any atom is 0.162 e. The normalized spacial score (nSPS) is 12.8. The molecule has 3 nitrogen and oxygen atoms in total. The van der Waals surface area contributed by atoms with E-state index in [2.05, 4.69) is 44.6 Å². The van der Waals surface area contributed by atoms with Crippen LogP contribution in [0.3, 0.4) is 0 Å². The number of ether oxygens (including phenoxy) is 1. The van der Waals surface area contributed by atoms with Crippen LogP contribution < -0.4 is 0 Å². The predicted octanol–water partition coefficient (Wildman–Crippen LogP) is 4.09. The van der Waals surface area contributed by atoms with Gasteiger partial charge in [0.2, 0.25) is 0 Å². The van der Waals surface area contributed by atoms with Crippen molar-refractivity contribution in [3.63, 3.8) is 0 Å². The third-order valence-corrected chi connectivity index (χ3v) is 3.60. The van der Waals surface area contributed by atoms with Gasteiger partial charge in [0.25, 0.3) is 0 Å². The second kappa shape index (κ2) is 5.54. The molecular formula is C14H23ClN2O. The molecular weight excluding hydrogens is 248 g/mol. The first kappa shape index (κ1) is 15.4. The molecule has 1 aromatic heterocycles. The number of hydrogen-bond acceptors (Lipinski definition) is 3. The molecule has 0 saturated carbocycles. The molecule has 0 fully saturated rings. The highest BCUT2D eigenvalue weighted by Crippen LogP contribution is 2.32. The Morgan fingerprint density at radius 1 is 1.17 bits per heavy atom. The number of rotatable bonds is 4. The molecule has 0 amide bonds. The Balaban J connectivity index is 3.37.